The number of nitrogens with zero attached hydrogens (tertiary/aromatic N) is 2. The van der Waals surface area contributed by atoms with Crippen LogP contribution in [0.15, 0.2) is 72.8 Å². The minimum absolute atomic E-state index is 1.07. The lowest BCUT2D eigenvalue weighted by atomic mass is 10.1. The summed E-state index contributed by atoms with van der Waals surface area (Å²) in [5, 5.41) is 0. The van der Waals surface area contributed by atoms with Gasteiger partial charge in [-0.1, -0.05) is 129 Å². The van der Waals surface area contributed by atoms with E-state index in [1.54, 1.807) is 0 Å². The minimum Gasteiger partial charge on any atom is -0.339 e. The monoisotopic (exact) mass is 846 g/mol. The Hall–Kier alpha value is -3.16. The van der Waals surface area contributed by atoms with Crippen molar-refractivity contribution >= 4 is 69.7 Å². The van der Waals surface area contributed by atoms with Crippen LogP contribution in [0.3, 0.4) is 0 Å². The van der Waals surface area contributed by atoms with Crippen LogP contribution in [-0.2, 0) is 13.1 Å². The van der Waals surface area contributed by atoms with Crippen molar-refractivity contribution in [3.8, 4) is 42.3 Å². The number of hydrogen-bond donors (Lipinski definition) is 0. The molecule has 0 atom stereocenters. The summed E-state index contributed by atoms with van der Waals surface area (Å²) in [5.41, 5.74) is 5.41. The van der Waals surface area contributed by atoms with E-state index < -0.39 is 0 Å². The van der Waals surface area contributed by atoms with Gasteiger partial charge in [-0.3, -0.25) is 0 Å². The van der Waals surface area contributed by atoms with Gasteiger partial charge in [-0.15, -0.1) is 45.3 Å². The zero-order valence-corrected chi connectivity index (χ0v) is 38.6. The zero-order valence-electron chi connectivity index (χ0n) is 35.3. The average molecular weight is 847 g/mol. The highest BCUT2D eigenvalue weighted by Gasteiger charge is 2.17. The molecule has 1 aliphatic heterocycles. The van der Waals surface area contributed by atoms with E-state index in [1.807, 2.05) is 45.3 Å². The second-order valence-electron chi connectivity index (χ2n) is 16.3. The van der Waals surface area contributed by atoms with Crippen molar-refractivity contribution in [2.45, 2.75) is 155 Å². The van der Waals surface area contributed by atoms with Gasteiger partial charge < -0.3 is 9.13 Å². The quantitative estimate of drug-likeness (QED) is 0.0602. The Labute approximate surface area is 366 Å². The Balaban J connectivity index is 1.09. The van der Waals surface area contributed by atoms with E-state index >= 15 is 0 Å². The molecule has 7 heterocycles. The van der Waals surface area contributed by atoms with Crippen LogP contribution in [0.1, 0.15) is 162 Å². The van der Waals surface area contributed by atoms with Crippen LogP contribution in [-0.4, -0.2) is 9.13 Å². The van der Waals surface area contributed by atoms with Gasteiger partial charge in [-0.25, -0.2) is 0 Å². The van der Waals surface area contributed by atoms with E-state index in [2.05, 4.69) is 120 Å². The van der Waals surface area contributed by atoms with Crippen molar-refractivity contribution in [3.05, 3.63) is 92.3 Å². The number of hydrogen-bond acceptors (Lipinski definition) is 4. The summed E-state index contributed by atoms with van der Waals surface area (Å²) in [7, 11) is 0. The molecule has 6 aromatic rings. The Morgan fingerprint density at radius 2 is 0.534 bits per heavy atom. The molecule has 6 aromatic heterocycles. The van der Waals surface area contributed by atoms with E-state index in [4.69, 9.17) is 0 Å². The van der Waals surface area contributed by atoms with Crippen LogP contribution in [0.5, 0.6) is 0 Å². The maximum atomic E-state index is 2.62. The van der Waals surface area contributed by atoms with E-state index in [-0.39, 0.29) is 0 Å². The number of thiophene rings is 4. The summed E-state index contributed by atoms with van der Waals surface area (Å²) in [6, 6.07) is 28.1. The number of fused-ring (bicyclic) bond motifs is 16. The molecule has 6 heteroatoms. The normalized spacial score (nSPS) is 13.4. The van der Waals surface area contributed by atoms with Gasteiger partial charge in [0.15, 0.2) is 0 Å². The number of aromatic nitrogens is 2. The Morgan fingerprint density at radius 3 is 0.793 bits per heavy atom. The van der Waals surface area contributed by atoms with E-state index in [0.29, 0.717) is 0 Å². The number of unbranched alkanes of at least 4 members (excludes halogenated alkanes) is 18. The summed E-state index contributed by atoms with van der Waals surface area (Å²) in [6.07, 6.45) is 36.5. The van der Waals surface area contributed by atoms with Gasteiger partial charge in [0.2, 0.25) is 0 Å². The van der Waals surface area contributed by atoms with Gasteiger partial charge in [-0.2, -0.15) is 0 Å². The Morgan fingerprint density at radius 1 is 0.293 bits per heavy atom. The molecule has 0 radical (unpaired) electrons. The summed E-state index contributed by atoms with van der Waals surface area (Å²) >= 11 is 7.67. The van der Waals surface area contributed by atoms with Crippen LogP contribution >= 0.6 is 45.3 Å². The fraction of sp³-hybridized carbons (Fsp3) is 0.462. The average Bonchev–Trinajstić information content (AvgIpc) is 4.09. The third-order valence-corrected chi connectivity index (χ3v) is 16.1. The molecule has 0 aromatic carbocycles. The highest BCUT2D eigenvalue weighted by molar-refractivity contribution is 7.18. The molecule has 0 spiro atoms. The molecule has 0 amide bonds. The van der Waals surface area contributed by atoms with Crippen molar-refractivity contribution < 1.29 is 0 Å². The van der Waals surface area contributed by atoms with E-state index in [0.717, 1.165) is 13.1 Å². The molecule has 1 aliphatic rings. The Bertz CT molecular complexity index is 1880. The molecule has 2 nitrogen and oxygen atoms in total. The van der Waals surface area contributed by atoms with Crippen LogP contribution in [0.2, 0.25) is 0 Å². The molecule has 7 rings (SSSR count). The molecule has 0 saturated carbocycles. The van der Waals surface area contributed by atoms with Crippen LogP contribution in [0.4, 0.5) is 0 Å². The molecule has 0 saturated heterocycles. The summed E-state index contributed by atoms with van der Waals surface area (Å²) in [6.45, 7) is 6.74. The van der Waals surface area contributed by atoms with E-state index in [1.165, 1.54) is 190 Å². The lowest BCUT2D eigenvalue weighted by molar-refractivity contribution is 0.538. The molecule has 0 fully saturated rings. The first-order valence-corrected chi connectivity index (χ1v) is 26.1. The predicted octanol–water partition coefficient (Wildman–Crippen LogP) is 18.7. The minimum atomic E-state index is 1.07. The lowest BCUT2D eigenvalue weighted by Crippen LogP contribution is -2.01. The summed E-state index contributed by atoms with van der Waals surface area (Å²) < 4.78 is 5.23. The largest absolute Gasteiger partial charge is 0.339 e. The van der Waals surface area contributed by atoms with Gasteiger partial charge in [0, 0.05) is 32.6 Å². The summed E-state index contributed by atoms with van der Waals surface area (Å²) in [5.74, 6) is 0. The van der Waals surface area contributed by atoms with Gasteiger partial charge in [0.1, 0.15) is 0 Å². The Kier molecular flexibility index (Phi) is 17.0. The van der Waals surface area contributed by atoms with Crippen LogP contribution in [0, 0.1) is 0 Å². The van der Waals surface area contributed by atoms with Gasteiger partial charge >= 0.3 is 0 Å². The highest BCUT2D eigenvalue weighted by Crippen LogP contribution is 2.40. The zero-order chi connectivity index (χ0) is 39.8. The standard InChI is InChI=1S/C52H66N2S4/c1-3-5-7-9-11-13-15-17-19-21-39-53-45-31-32-46(53)50-36-28-42(56-50)24-26-44-30-38-52(58-44)48-34-33-47(54(48)40-22-20-18-16-14-12-10-8-6-4-2)51-37-29-43(57-51)25-23-41-27-35-49(45)55-41/h23-38H,3-22,39-40H2,1-2H3/b25-23-,26-24-,41-23?,42-24?,43-25?,44-26?,49-45?,50-46?,51-47?,52-48?. The topological polar surface area (TPSA) is 9.86 Å². The third kappa shape index (κ3) is 12.0. The van der Waals surface area contributed by atoms with E-state index in [9.17, 15) is 0 Å². The second kappa shape index (κ2) is 23.0. The fourth-order valence-corrected chi connectivity index (χ4v) is 12.2. The lowest BCUT2D eigenvalue weighted by Gasteiger charge is -2.12. The van der Waals surface area contributed by atoms with Crippen LogP contribution in [0.25, 0.3) is 66.6 Å². The molecular formula is C52H66N2S4. The van der Waals surface area contributed by atoms with Crippen molar-refractivity contribution in [3.63, 3.8) is 0 Å². The van der Waals surface area contributed by atoms with Gasteiger partial charge in [0.05, 0.1) is 42.3 Å². The third-order valence-electron chi connectivity index (χ3n) is 11.8. The molecule has 0 unspecified atom stereocenters. The fourth-order valence-electron chi connectivity index (χ4n) is 8.44. The van der Waals surface area contributed by atoms with Crippen LogP contribution < -0.4 is 0 Å². The first-order valence-electron chi connectivity index (χ1n) is 22.9. The molecule has 0 N–H and O–H groups in total. The molecule has 308 valence electrons. The molecule has 58 heavy (non-hydrogen) atoms. The smallest absolute Gasteiger partial charge is 0.0587 e. The summed E-state index contributed by atoms with van der Waals surface area (Å²) in [4.78, 5) is 10.7. The van der Waals surface area contributed by atoms with Crippen molar-refractivity contribution in [1.29, 1.82) is 0 Å². The SMILES string of the molecule is CCCCCCCCCCCCn1c2ccc1-c1ccc(s1)/C=C\c1ccc(s1)-c1ccc(n1CCCCCCCCCCCC)-c1ccc(s1)/C=C\c1ccc-2s1. The maximum Gasteiger partial charge on any atom is 0.0587 e. The number of rotatable bonds is 22. The van der Waals surface area contributed by atoms with Gasteiger partial charge in [-0.05, 0) is 110 Å². The predicted molar refractivity (Wildman–Crippen MR) is 264 cm³/mol. The van der Waals surface area contributed by atoms with Crippen molar-refractivity contribution in [2.75, 3.05) is 0 Å². The van der Waals surface area contributed by atoms with Crippen molar-refractivity contribution in [1.82, 2.24) is 9.13 Å². The van der Waals surface area contributed by atoms with Crippen molar-refractivity contribution in [2.24, 2.45) is 0 Å². The molecule has 0 aliphatic carbocycles. The second-order valence-corrected chi connectivity index (χ2v) is 20.8. The first-order chi connectivity index (χ1) is 28.7. The van der Waals surface area contributed by atoms with Gasteiger partial charge in [0.25, 0.3) is 0 Å². The highest BCUT2D eigenvalue weighted by atomic mass is 32.1. The maximum absolute atomic E-state index is 2.62. The first kappa shape index (κ1) is 42.9. The molecule has 12 bridgehead atoms. The molecular weight excluding hydrogens is 781 g/mol.